The van der Waals surface area contributed by atoms with Crippen molar-refractivity contribution in [1.29, 1.82) is 0 Å². The van der Waals surface area contributed by atoms with Crippen molar-refractivity contribution < 1.29 is 9.13 Å². The number of hydrogen-bond acceptors (Lipinski definition) is 2. The minimum Gasteiger partial charge on any atom is -0.363 e. The lowest BCUT2D eigenvalue weighted by molar-refractivity contribution is -0.0632. The van der Waals surface area contributed by atoms with Crippen LogP contribution < -0.4 is 5.32 Å². The molecule has 0 aromatic heterocycles. The van der Waals surface area contributed by atoms with Crippen molar-refractivity contribution in [2.24, 2.45) is 0 Å². The Labute approximate surface area is 118 Å². The van der Waals surface area contributed by atoms with E-state index in [-0.39, 0.29) is 24.1 Å². The largest absolute Gasteiger partial charge is 0.363 e. The second-order valence-corrected chi connectivity index (χ2v) is 5.20. The molecule has 2 aromatic rings. The zero-order valence-corrected chi connectivity index (χ0v) is 11.4. The summed E-state index contributed by atoms with van der Waals surface area (Å²) in [4.78, 5) is 0. The molecule has 1 N–H and O–H groups in total. The third-order valence-corrected chi connectivity index (χ3v) is 3.76. The quantitative estimate of drug-likeness (QED) is 0.900. The Hall–Kier alpha value is -1.71. The van der Waals surface area contributed by atoms with Crippen LogP contribution in [-0.2, 0) is 4.74 Å². The van der Waals surface area contributed by atoms with Gasteiger partial charge < -0.3 is 10.1 Å². The Morgan fingerprint density at radius 1 is 1.00 bits per heavy atom. The molecule has 0 saturated carbocycles. The molecule has 3 heteroatoms. The minimum atomic E-state index is -0.218. The van der Waals surface area contributed by atoms with Gasteiger partial charge in [0.1, 0.15) is 5.82 Å². The van der Waals surface area contributed by atoms with Gasteiger partial charge in [-0.1, -0.05) is 42.5 Å². The molecule has 0 aliphatic carbocycles. The fourth-order valence-electron chi connectivity index (χ4n) is 2.63. The second kappa shape index (κ2) is 5.73. The number of hydrogen-bond donors (Lipinski definition) is 1. The average Bonchev–Trinajstić information content (AvgIpc) is 2.50. The average molecular weight is 271 g/mol. The SMILES string of the molecule is CC1NCC(c2ccccc2)OC1c1ccc(F)cc1. The van der Waals surface area contributed by atoms with Gasteiger partial charge in [0, 0.05) is 12.6 Å². The van der Waals surface area contributed by atoms with E-state index in [2.05, 4.69) is 24.4 Å². The highest BCUT2D eigenvalue weighted by atomic mass is 19.1. The maximum absolute atomic E-state index is 13.0. The standard InChI is InChI=1S/C17H18FNO/c1-12-17(14-7-9-15(18)10-8-14)20-16(11-19-12)13-5-3-2-4-6-13/h2-10,12,16-17,19H,11H2,1H3. The molecule has 1 heterocycles. The topological polar surface area (TPSA) is 21.3 Å². The first kappa shape index (κ1) is 13.3. The molecule has 0 bridgehead atoms. The summed E-state index contributed by atoms with van der Waals surface area (Å²) in [5, 5.41) is 3.47. The summed E-state index contributed by atoms with van der Waals surface area (Å²) in [6, 6.07) is 17.0. The fraction of sp³-hybridized carbons (Fsp3) is 0.294. The molecule has 0 spiro atoms. The fourth-order valence-corrected chi connectivity index (χ4v) is 2.63. The minimum absolute atomic E-state index is 0.0300. The molecule has 1 saturated heterocycles. The molecule has 3 atom stereocenters. The predicted octanol–water partition coefficient (Wildman–Crippen LogP) is 3.62. The molecular weight excluding hydrogens is 253 g/mol. The van der Waals surface area contributed by atoms with E-state index in [1.54, 1.807) is 12.1 Å². The van der Waals surface area contributed by atoms with Crippen molar-refractivity contribution >= 4 is 0 Å². The molecule has 20 heavy (non-hydrogen) atoms. The van der Waals surface area contributed by atoms with Gasteiger partial charge in [0.2, 0.25) is 0 Å². The summed E-state index contributed by atoms with van der Waals surface area (Å²) in [6.07, 6.45) is -0.0305. The van der Waals surface area contributed by atoms with Gasteiger partial charge in [0.15, 0.2) is 0 Å². The molecule has 0 radical (unpaired) electrons. The molecular formula is C17H18FNO. The van der Waals surface area contributed by atoms with Crippen molar-refractivity contribution in [1.82, 2.24) is 5.32 Å². The number of benzene rings is 2. The van der Waals surface area contributed by atoms with Crippen LogP contribution in [0, 0.1) is 5.82 Å². The van der Waals surface area contributed by atoms with E-state index in [0.29, 0.717) is 0 Å². The van der Waals surface area contributed by atoms with Crippen molar-refractivity contribution in [2.45, 2.75) is 25.2 Å². The number of rotatable bonds is 2. The van der Waals surface area contributed by atoms with Crippen molar-refractivity contribution in [2.75, 3.05) is 6.54 Å². The first-order valence-electron chi connectivity index (χ1n) is 6.93. The molecule has 0 amide bonds. The van der Waals surface area contributed by atoms with E-state index in [9.17, 15) is 4.39 Å². The third kappa shape index (κ3) is 2.74. The Bertz CT molecular complexity index is 555. The Kier molecular flexibility index (Phi) is 3.81. The normalized spacial score (nSPS) is 26.4. The number of halogens is 1. The maximum Gasteiger partial charge on any atom is 0.123 e. The van der Waals surface area contributed by atoms with Crippen LogP contribution >= 0.6 is 0 Å². The summed E-state index contributed by atoms with van der Waals surface area (Å²) in [6.45, 7) is 2.89. The van der Waals surface area contributed by atoms with Gasteiger partial charge in [-0.05, 0) is 30.2 Å². The monoisotopic (exact) mass is 271 g/mol. The van der Waals surface area contributed by atoms with Crippen LogP contribution in [-0.4, -0.2) is 12.6 Å². The van der Waals surface area contributed by atoms with E-state index < -0.39 is 0 Å². The zero-order chi connectivity index (χ0) is 13.9. The molecule has 2 aromatic carbocycles. The summed E-state index contributed by atoms with van der Waals surface area (Å²) < 4.78 is 19.3. The molecule has 1 aliphatic rings. The van der Waals surface area contributed by atoms with Gasteiger partial charge in [0.05, 0.1) is 12.2 Å². The molecule has 1 aliphatic heterocycles. The van der Waals surface area contributed by atoms with Gasteiger partial charge in [0.25, 0.3) is 0 Å². The van der Waals surface area contributed by atoms with Crippen LogP contribution in [0.2, 0.25) is 0 Å². The van der Waals surface area contributed by atoms with Crippen LogP contribution in [0.1, 0.15) is 30.3 Å². The highest BCUT2D eigenvalue weighted by molar-refractivity contribution is 5.23. The summed E-state index contributed by atoms with van der Waals surface area (Å²) in [5.74, 6) is -0.218. The van der Waals surface area contributed by atoms with Crippen LogP contribution in [0.15, 0.2) is 54.6 Å². The molecule has 2 nitrogen and oxygen atoms in total. The highest BCUT2D eigenvalue weighted by Crippen LogP contribution is 2.32. The third-order valence-electron chi connectivity index (χ3n) is 3.76. The van der Waals surface area contributed by atoms with E-state index in [1.807, 2.05) is 18.2 Å². The molecule has 3 unspecified atom stereocenters. The molecule has 1 fully saturated rings. The Morgan fingerprint density at radius 2 is 1.70 bits per heavy atom. The maximum atomic E-state index is 13.0. The van der Waals surface area contributed by atoms with Crippen LogP contribution in [0.3, 0.4) is 0 Å². The van der Waals surface area contributed by atoms with Crippen molar-refractivity contribution in [3.05, 3.63) is 71.5 Å². The molecule has 104 valence electrons. The lowest BCUT2D eigenvalue weighted by Crippen LogP contribution is -2.43. The van der Waals surface area contributed by atoms with E-state index in [0.717, 1.165) is 12.1 Å². The summed E-state index contributed by atoms with van der Waals surface area (Å²) in [7, 11) is 0. The smallest absolute Gasteiger partial charge is 0.123 e. The first-order valence-corrected chi connectivity index (χ1v) is 6.93. The van der Waals surface area contributed by atoms with E-state index in [4.69, 9.17) is 4.74 Å². The van der Waals surface area contributed by atoms with Gasteiger partial charge in [-0.2, -0.15) is 0 Å². The lowest BCUT2D eigenvalue weighted by atomic mass is 9.99. The number of morpholine rings is 1. The zero-order valence-electron chi connectivity index (χ0n) is 11.4. The summed E-state index contributed by atoms with van der Waals surface area (Å²) >= 11 is 0. The number of nitrogens with one attached hydrogen (secondary N) is 1. The van der Waals surface area contributed by atoms with E-state index in [1.165, 1.54) is 17.7 Å². The van der Waals surface area contributed by atoms with Gasteiger partial charge in [-0.3, -0.25) is 0 Å². The predicted molar refractivity (Wildman–Crippen MR) is 76.9 cm³/mol. The Morgan fingerprint density at radius 3 is 2.40 bits per heavy atom. The van der Waals surface area contributed by atoms with Gasteiger partial charge in [-0.25, -0.2) is 4.39 Å². The van der Waals surface area contributed by atoms with Gasteiger partial charge in [-0.15, -0.1) is 0 Å². The van der Waals surface area contributed by atoms with Gasteiger partial charge >= 0.3 is 0 Å². The summed E-state index contributed by atoms with van der Waals surface area (Å²) in [5.41, 5.74) is 2.17. The first-order chi connectivity index (χ1) is 9.74. The molecule has 3 rings (SSSR count). The highest BCUT2D eigenvalue weighted by Gasteiger charge is 2.29. The van der Waals surface area contributed by atoms with Crippen molar-refractivity contribution in [3.63, 3.8) is 0 Å². The van der Waals surface area contributed by atoms with Crippen LogP contribution in [0.4, 0.5) is 4.39 Å². The van der Waals surface area contributed by atoms with Crippen molar-refractivity contribution in [3.8, 4) is 0 Å². The second-order valence-electron chi connectivity index (χ2n) is 5.20. The van der Waals surface area contributed by atoms with Crippen LogP contribution in [0.25, 0.3) is 0 Å². The van der Waals surface area contributed by atoms with E-state index >= 15 is 0 Å². The van der Waals surface area contributed by atoms with Crippen LogP contribution in [0.5, 0.6) is 0 Å². The number of ether oxygens (including phenoxy) is 1. The lowest BCUT2D eigenvalue weighted by Gasteiger charge is -2.36. The Balaban J connectivity index is 1.82.